The number of ketones is 1. The Bertz CT molecular complexity index is 366. The predicted octanol–water partition coefficient (Wildman–Crippen LogP) is 1.84. The summed E-state index contributed by atoms with van der Waals surface area (Å²) in [6.07, 6.45) is 0.448. The molecule has 1 aromatic carbocycles. The molecule has 0 saturated carbocycles. The fraction of sp³-hybridized carbons (Fsp3) is 0.462. The Morgan fingerprint density at radius 1 is 1.18 bits per heavy atom. The van der Waals surface area contributed by atoms with E-state index in [1.54, 1.807) is 32.4 Å². The minimum atomic E-state index is 0.0352. The van der Waals surface area contributed by atoms with Gasteiger partial charge in [-0.3, -0.25) is 4.79 Å². The van der Waals surface area contributed by atoms with Gasteiger partial charge in [0.25, 0.3) is 0 Å². The zero-order valence-corrected chi connectivity index (χ0v) is 10.8. The number of carbonyl (C=O) groups is 1. The Morgan fingerprint density at radius 3 is 2.12 bits per heavy atom. The van der Waals surface area contributed by atoms with Gasteiger partial charge in [0.05, 0.1) is 14.2 Å². The highest BCUT2D eigenvalue weighted by atomic mass is 16.5. The zero-order valence-electron chi connectivity index (χ0n) is 10.8. The van der Waals surface area contributed by atoms with E-state index in [0.29, 0.717) is 30.0 Å². The van der Waals surface area contributed by atoms with Crippen LogP contribution < -0.4 is 9.47 Å². The first-order valence-electron chi connectivity index (χ1n) is 5.49. The van der Waals surface area contributed by atoms with Crippen LogP contribution in [0.3, 0.4) is 0 Å². The quantitative estimate of drug-likeness (QED) is 0.708. The van der Waals surface area contributed by atoms with Crippen molar-refractivity contribution in [2.45, 2.75) is 6.42 Å². The molecule has 4 nitrogen and oxygen atoms in total. The predicted molar refractivity (Wildman–Crippen MR) is 67.0 cm³/mol. The van der Waals surface area contributed by atoms with Crippen LogP contribution in [0.1, 0.15) is 16.8 Å². The fourth-order valence-electron chi connectivity index (χ4n) is 1.58. The van der Waals surface area contributed by atoms with E-state index in [1.807, 2.05) is 19.0 Å². The highest BCUT2D eigenvalue weighted by Crippen LogP contribution is 2.29. The van der Waals surface area contributed by atoms with Gasteiger partial charge in [0.2, 0.25) is 0 Å². The Kier molecular flexibility index (Phi) is 4.97. The molecule has 0 spiro atoms. The number of benzene rings is 1. The number of ether oxygens (including phenoxy) is 2. The summed E-state index contributed by atoms with van der Waals surface area (Å²) in [6, 6.07) is 5.34. The van der Waals surface area contributed by atoms with E-state index < -0.39 is 0 Å². The number of Topliss-reactive ketones (excluding diaryl/α,β-unsaturated/α-hetero) is 1. The van der Waals surface area contributed by atoms with Gasteiger partial charge in [0.1, 0.15) is 17.1 Å². The summed E-state index contributed by atoms with van der Waals surface area (Å²) in [4.78, 5) is 14.1. The third-order valence-corrected chi connectivity index (χ3v) is 2.49. The number of carbonyl (C=O) groups excluding carboxylic acids is 1. The first kappa shape index (κ1) is 13.5. The lowest BCUT2D eigenvalue weighted by Crippen LogP contribution is -2.17. The average Bonchev–Trinajstić information content (AvgIpc) is 2.34. The molecule has 0 aromatic heterocycles. The lowest BCUT2D eigenvalue weighted by Gasteiger charge is -2.13. The van der Waals surface area contributed by atoms with Crippen molar-refractivity contribution in [3.05, 3.63) is 23.8 Å². The van der Waals surface area contributed by atoms with Gasteiger partial charge in [-0.05, 0) is 26.2 Å². The molecule has 0 N–H and O–H groups in total. The summed E-state index contributed by atoms with van der Waals surface area (Å²) in [5.74, 6) is 1.16. The molecule has 1 aromatic rings. The minimum absolute atomic E-state index is 0.0352. The van der Waals surface area contributed by atoms with Gasteiger partial charge in [-0.25, -0.2) is 0 Å². The van der Waals surface area contributed by atoms with Gasteiger partial charge in [0, 0.05) is 13.0 Å². The fourth-order valence-corrected chi connectivity index (χ4v) is 1.58. The van der Waals surface area contributed by atoms with Gasteiger partial charge < -0.3 is 14.4 Å². The Morgan fingerprint density at radius 2 is 1.71 bits per heavy atom. The number of hydrogen-bond acceptors (Lipinski definition) is 4. The van der Waals surface area contributed by atoms with Crippen LogP contribution >= 0.6 is 0 Å². The third-order valence-electron chi connectivity index (χ3n) is 2.49. The molecule has 0 bridgehead atoms. The van der Waals surface area contributed by atoms with Gasteiger partial charge in [-0.15, -0.1) is 0 Å². The van der Waals surface area contributed by atoms with E-state index in [-0.39, 0.29) is 5.78 Å². The summed E-state index contributed by atoms with van der Waals surface area (Å²) in [7, 11) is 6.98. The van der Waals surface area contributed by atoms with Crippen molar-refractivity contribution >= 4 is 5.78 Å². The largest absolute Gasteiger partial charge is 0.496 e. The standard InChI is InChI=1S/C13H19NO3/c1-14(2)9-8-10(15)13-11(16-3)6-5-7-12(13)17-4/h5-7H,8-9H2,1-4H3. The average molecular weight is 237 g/mol. The summed E-state index contributed by atoms with van der Waals surface area (Å²) in [5, 5.41) is 0. The van der Waals surface area contributed by atoms with Crippen molar-refractivity contribution in [3.8, 4) is 11.5 Å². The van der Waals surface area contributed by atoms with E-state index in [2.05, 4.69) is 0 Å². The van der Waals surface area contributed by atoms with Crippen molar-refractivity contribution in [2.75, 3.05) is 34.9 Å². The topological polar surface area (TPSA) is 38.8 Å². The van der Waals surface area contributed by atoms with E-state index in [4.69, 9.17) is 9.47 Å². The minimum Gasteiger partial charge on any atom is -0.496 e. The van der Waals surface area contributed by atoms with E-state index in [0.717, 1.165) is 0 Å². The lowest BCUT2D eigenvalue weighted by atomic mass is 10.1. The highest BCUT2D eigenvalue weighted by Gasteiger charge is 2.17. The van der Waals surface area contributed by atoms with Crippen LogP contribution in [-0.2, 0) is 0 Å². The first-order valence-corrected chi connectivity index (χ1v) is 5.49. The second kappa shape index (κ2) is 6.25. The molecule has 94 valence electrons. The van der Waals surface area contributed by atoms with Crippen molar-refractivity contribution in [2.24, 2.45) is 0 Å². The van der Waals surface area contributed by atoms with E-state index in [1.165, 1.54) is 0 Å². The van der Waals surface area contributed by atoms with Gasteiger partial charge in [-0.2, -0.15) is 0 Å². The molecule has 0 saturated heterocycles. The van der Waals surface area contributed by atoms with Crippen molar-refractivity contribution in [1.29, 1.82) is 0 Å². The lowest BCUT2D eigenvalue weighted by molar-refractivity contribution is 0.0966. The van der Waals surface area contributed by atoms with E-state index in [9.17, 15) is 4.79 Å². The molecule has 0 fully saturated rings. The summed E-state index contributed by atoms with van der Waals surface area (Å²) in [5.41, 5.74) is 0.527. The maximum absolute atomic E-state index is 12.1. The third kappa shape index (κ3) is 3.46. The summed E-state index contributed by atoms with van der Waals surface area (Å²) in [6.45, 7) is 0.708. The van der Waals surface area contributed by atoms with Crippen LogP contribution in [0.2, 0.25) is 0 Å². The van der Waals surface area contributed by atoms with Crippen LogP contribution in [0.15, 0.2) is 18.2 Å². The van der Waals surface area contributed by atoms with E-state index >= 15 is 0 Å². The molecular formula is C13H19NO3. The maximum Gasteiger partial charge on any atom is 0.171 e. The molecule has 0 aliphatic rings. The smallest absolute Gasteiger partial charge is 0.171 e. The molecule has 0 aliphatic carbocycles. The van der Waals surface area contributed by atoms with Crippen molar-refractivity contribution in [3.63, 3.8) is 0 Å². The first-order chi connectivity index (χ1) is 8.10. The molecule has 0 aliphatic heterocycles. The number of nitrogens with zero attached hydrogens (tertiary/aromatic N) is 1. The molecule has 0 heterocycles. The highest BCUT2D eigenvalue weighted by molar-refractivity contribution is 6.01. The monoisotopic (exact) mass is 237 g/mol. The zero-order chi connectivity index (χ0) is 12.8. The molecule has 0 unspecified atom stereocenters. The molecule has 0 amide bonds. The Labute approximate surface area is 102 Å². The Hall–Kier alpha value is -1.55. The van der Waals surface area contributed by atoms with Crippen molar-refractivity contribution < 1.29 is 14.3 Å². The van der Waals surface area contributed by atoms with Crippen LogP contribution in [0.5, 0.6) is 11.5 Å². The molecule has 4 heteroatoms. The number of hydrogen-bond donors (Lipinski definition) is 0. The van der Waals surface area contributed by atoms with Gasteiger partial charge >= 0.3 is 0 Å². The maximum atomic E-state index is 12.1. The van der Waals surface area contributed by atoms with Crippen LogP contribution in [-0.4, -0.2) is 45.5 Å². The van der Waals surface area contributed by atoms with Crippen LogP contribution in [0.25, 0.3) is 0 Å². The molecule has 0 atom stereocenters. The number of rotatable bonds is 6. The molecule has 1 rings (SSSR count). The van der Waals surface area contributed by atoms with Gasteiger partial charge in [-0.1, -0.05) is 6.07 Å². The summed E-state index contributed by atoms with van der Waals surface area (Å²) >= 11 is 0. The normalized spacial score (nSPS) is 10.4. The van der Waals surface area contributed by atoms with Crippen LogP contribution in [0.4, 0.5) is 0 Å². The second-order valence-electron chi connectivity index (χ2n) is 4.01. The SMILES string of the molecule is COc1cccc(OC)c1C(=O)CCN(C)C. The van der Waals surface area contributed by atoms with Crippen molar-refractivity contribution in [1.82, 2.24) is 4.90 Å². The summed E-state index contributed by atoms with van der Waals surface area (Å²) < 4.78 is 10.4. The van der Waals surface area contributed by atoms with Crippen LogP contribution in [0, 0.1) is 0 Å². The molecule has 0 radical (unpaired) electrons. The molecular weight excluding hydrogens is 218 g/mol. The number of methoxy groups -OCH3 is 2. The van der Waals surface area contributed by atoms with Gasteiger partial charge in [0.15, 0.2) is 5.78 Å². The second-order valence-corrected chi connectivity index (χ2v) is 4.01. The molecule has 17 heavy (non-hydrogen) atoms. The Balaban J connectivity index is 2.97.